The van der Waals surface area contributed by atoms with Crippen LogP contribution in [0.15, 0.2) is 24.3 Å². The Morgan fingerprint density at radius 2 is 2.05 bits per heavy atom. The van der Waals surface area contributed by atoms with E-state index in [0.29, 0.717) is 12.0 Å². The Balaban J connectivity index is 1.60. The van der Waals surface area contributed by atoms with Gasteiger partial charge in [0.1, 0.15) is 0 Å². The third kappa shape index (κ3) is 2.27. The average Bonchev–Trinajstić information content (AvgIpc) is 2.84. The first-order valence-corrected chi connectivity index (χ1v) is 8.55. The smallest absolute Gasteiger partial charge is 0.253 e. The van der Waals surface area contributed by atoms with Gasteiger partial charge >= 0.3 is 0 Å². The van der Waals surface area contributed by atoms with Crippen LogP contribution in [-0.4, -0.2) is 36.5 Å². The predicted molar refractivity (Wildman–Crippen MR) is 87.0 cm³/mol. The van der Waals surface area contributed by atoms with Gasteiger partial charge in [0.2, 0.25) is 0 Å². The van der Waals surface area contributed by atoms with Gasteiger partial charge in [-0.25, -0.2) is 0 Å². The Bertz CT molecular complexity index is 685. The van der Waals surface area contributed by atoms with Crippen LogP contribution in [-0.2, 0) is 0 Å². The number of carbonyl (C=O) groups excluding carboxylic acids is 1. The Kier molecular flexibility index (Phi) is 3.23. The van der Waals surface area contributed by atoms with Gasteiger partial charge in [-0.15, -0.1) is 11.3 Å². The number of hydrogen-bond donors (Lipinski definition) is 1. The largest absolute Gasteiger partial charge is 0.348 e. The van der Waals surface area contributed by atoms with Crippen LogP contribution in [0.2, 0.25) is 0 Å². The highest BCUT2D eigenvalue weighted by Crippen LogP contribution is 2.32. The second-order valence-electron chi connectivity index (χ2n) is 6.25. The van der Waals surface area contributed by atoms with E-state index in [-0.39, 0.29) is 5.91 Å². The van der Waals surface area contributed by atoms with E-state index in [0.717, 1.165) is 22.4 Å². The quantitative estimate of drug-likeness (QED) is 0.924. The summed E-state index contributed by atoms with van der Waals surface area (Å²) < 4.78 is 1.20. The van der Waals surface area contributed by atoms with Crippen LogP contribution < -0.4 is 5.32 Å². The molecule has 3 saturated heterocycles. The highest BCUT2D eigenvalue weighted by Gasteiger charge is 2.35. The molecule has 0 aliphatic carbocycles. The first kappa shape index (κ1) is 13.3. The molecule has 1 unspecified atom stereocenters. The molecule has 3 fully saturated rings. The molecule has 110 valence electrons. The molecule has 1 aromatic heterocycles. The summed E-state index contributed by atoms with van der Waals surface area (Å²) in [7, 11) is 0. The molecule has 3 nitrogen and oxygen atoms in total. The summed E-state index contributed by atoms with van der Waals surface area (Å²) in [5.74, 6) is 0.785. The average molecular weight is 300 g/mol. The van der Waals surface area contributed by atoms with Crippen LogP contribution in [0.4, 0.5) is 0 Å². The molecule has 1 amide bonds. The first-order valence-electron chi connectivity index (χ1n) is 7.74. The van der Waals surface area contributed by atoms with Crippen LogP contribution in [0.5, 0.6) is 0 Å². The molecule has 4 heteroatoms. The molecule has 3 aliphatic heterocycles. The summed E-state index contributed by atoms with van der Waals surface area (Å²) in [5, 5.41) is 4.41. The second-order valence-corrected chi connectivity index (χ2v) is 7.50. The fourth-order valence-corrected chi connectivity index (χ4v) is 4.88. The number of nitrogens with zero attached hydrogens (tertiary/aromatic N) is 1. The molecule has 2 bridgehead atoms. The number of carbonyl (C=O) groups is 1. The molecule has 4 heterocycles. The van der Waals surface area contributed by atoms with Gasteiger partial charge in [0.25, 0.3) is 5.91 Å². The van der Waals surface area contributed by atoms with E-state index in [4.69, 9.17) is 0 Å². The van der Waals surface area contributed by atoms with E-state index >= 15 is 0 Å². The van der Waals surface area contributed by atoms with Gasteiger partial charge in [0.05, 0.1) is 5.56 Å². The highest BCUT2D eigenvalue weighted by atomic mass is 32.1. The van der Waals surface area contributed by atoms with Crippen molar-refractivity contribution in [2.75, 3.05) is 19.6 Å². The van der Waals surface area contributed by atoms with E-state index in [1.807, 2.05) is 12.1 Å². The van der Waals surface area contributed by atoms with Gasteiger partial charge in [0, 0.05) is 27.5 Å². The number of nitrogens with one attached hydrogen (secondary N) is 1. The Morgan fingerprint density at radius 1 is 1.29 bits per heavy atom. The molecule has 5 rings (SSSR count). The van der Waals surface area contributed by atoms with E-state index in [2.05, 4.69) is 29.3 Å². The minimum Gasteiger partial charge on any atom is -0.348 e. The van der Waals surface area contributed by atoms with Crippen molar-refractivity contribution in [2.45, 2.75) is 25.8 Å². The molecular formula is C17H20N2OS. The lowest BCUT2D eigenvalue weighted by Crippen LogP contribution is -2.57. The molecule has 1 aromatic carbocycles. The lowest BCUT2D eigenvalue weighted by molar-refractivity contribution is 0.0621. The Labute approximate surface area is 128 Å². The first-order chi connectivity index (χ1) is 10.2. The summed E-state index contributed by atoms with van der Waals surface area (Å²) in [6, 6.07) is 8.54. The van der Waals surface area contributed by atoms with E-state index in [1.165, 1.54) is 30.6 Å². The van der Waals surface area contributed by atoms with Crippen molar-refractivity contribution in [3.63, 3.8) is 0 Å². The SMILES string of the molecule is Cc1sc2ccccc2c1C(=O)NC1CN2CCC1CC2. The number of thiophene rings is 1. The summed E-state index contributed by atoms with van der Waals surface area (Å²) in [6.07, 6.45) is 2.46. The zero-order valence-corrected chi connectivity index (χ0v) is 13.1. The maximum Gasteiger partial charge on any atom is 0.253 e. The summed E-state index contributed by atoms with van der Waals surface area (Å²) in [4.78, 5) is 16.4. The van der Waals surface area contributed by atoms with E-state index in [9.17, 15) is 4.79 Å². The summed E-state index contributed by atoms with van der Waals surface area (Å²) >= 11 is 1.71. The summed E-state index contributed by atoms with van der Waals surface area (Å²) in [6.45, 7) is 5.49. The number of rotatable bonds is 2. The topological polar surface area (TPSA) is 32.3 Å². The molecule has 2 aromatic rings. The zero-order chi connectivity index (χ0) is 14.4. The van der Waals surface area contributed by atoms with Crippen molar-refractivity contribution >= 4 is 27.3 Å². The van der Waals surface area contributed by atoms with Gasteiger partial charge in [-0.2, -0.15) is 0 Å². The van der Waals surface area contributed by atoms with Crippen molar-refractivity contribution in [3.05, 3.63) is 34.7 Å². The van der Waals surface area contributed by atoms with Crippen LogP contribution in [0.25, 0.3) is 10.1 Å². The fourth-order valence-electron chi connectivity index (χ4n) is 3.82. The molecular weight excluding hydrogens is 280 g/mol. The monoisotopic (exact) mass is 300 g/mol. The molecule has 0 saturated carbocycles. The lowest BCUT2D eigenvalue weighted by Gasteiger charge is -2.44. The standard InChI is InChI=1S/C17H20N2OS/c1-11-16(13-4-2-3-5-15(13)21-11)17(20)18-14-10-19-8-6-12(14)7-9-19/h2-5,12,14H,6-10H2,1H3,(H,18,20). The number of aryl methyl sites for hydroxylation is 1. The normalized spacial score (nSPS) is 28.0. The summed E-state index contributed by atoms with van der Waals surface area (Å²) in [5.41, 5.74) is 0.882. The van der Waals surface area contributed by atoms with Crippen LogP contribution >= 0.6 is 11.3 Å². The molecule has 0 spiro atoms. The fraction of sp³-hybridized carbons (Fsp3) is 0.471. The number of fused-ring (bicyclic) bond motifs is 4. The van der Waals surface area contributed by atoms with E-state index < -0.39 is 0 Å². The van der Waals surface area contributed by atoms with Crippen molar-refractivity contribution in [1.82, 2.24) is 10.2 Å². The van der Waals surface area contributed by atoms with Gasteiger partial charge < -0.3 is 10.2 Å². The predicted octanol–water partition coefficient (Wildman–Crippen LogP) is 3.03. The number of hydrogen-bond acceptors (Lipinski definition) is 3. The Morgan fingerprint density at radius 3 is 2.76 bits per heavy atom. The van der Waals surface area contributed by atoms with E-state index in [1.54, 1.807) is 11.3 Å². The Hall–Kier alpha value is -1.39. The van der Waals surface area contributed by atoms with Gasteiger partial charge in [-0.3, -0.25) is 4.79 Å². The highest BCUT2D eigenvalue weighted by molar-refractivity contribution is 7.19. The minimum absolute atomic E-state index is 0.115. The number of amides is 1. The maximum absolute atomic E-state index is 12.8. The van der Waals surface area contributed by atoms with Crippen molar-refractivity contribution < 1.29 is 4.79 Å². The molecule has 1 atom stereocenters. The molecule has 3 aliphatic rings. The van der Waals surface area contributed by atoms with Crippen molar-refractivity contribution in [1.29, 1.82) is 0 Å². The molecule has 21 heavy (non-hydrogen) atoms. The van der Waals surface area contributed by atoms with Crippen LogP contribution in [0.3, 0.4) is 0 Å². The van der Waals surface area contributed by atoms with Crippen LogP contribution in [0.1, 0.15) is 28.1 Å². The van der Waals surface area contributed by atoms with Gasteiger partial charge in [-0.05, 0) is 44.8 Å². The van der Waals surface area contributed by atoms with Gasteiger partial charge in [0.15, 0.2) is 0 Å². The number of piperidine rings is 3. The third-order valence-electron chi connectivity index (χ3n) is 4.97. The zero-order valence-electron chi connectivity index (χ0n) is 12.3. The number of benzene rings is 1. The van der Waals surface area contributed by atoms with Crippen molar-refractivity contribution in [3.8, 4) is 0 Å². The molecule has 1 N–H and O–H groups in total. The maximum atomic E-state index is 12.8. The van der Waals surface area contributed by atoms with Crippen molar-refractivity contribution in [2.24, 2.45) is 5.92 Å². The lowest BCUT2D eigenvalue weighted by atomic mass is 9.84. The minimum atomic E-state index is 0.115. The van der Waals surface area contributed by atoms with Crippen LogP contribution in [0, 0.1) is 12.8 Å². The van der Waals surface area contributed by atoms with Gasteiger partial charge in [-0.1, -0.05) is 18.2 Å². The third-order valence-corrected chi connectivity index (χ3v) is 6.06. The molecule has 0 radical (unpaired) electrons. The second kappa shape index (κ2) is 5.11.